The first kappa shape index (κ1) is 23.9. The maximum Gasteiger partial charge on any atom is 0.255 e. The molecule has 0 aromatic heterocycles. The molecule has 0 heterocycles. The summed E-state index contributed by atoms with van der Waals surface area (Å²) in [5, 5.41) is 4.31. The lowest BCUT2D eigenvalue weighted by Crippen LogP contribution is -2.34. The average Bonchev–Trinajstić information content (AvgIpc) is 2.77. The molecule has 10 heteroatoms. The van der Waals surface area contributed by atoms with Crippen LogP contribution in [0.4, 0.5) is 0 Å². The molecule has 0 unspecified atom stereocenters. The van der Waals surface area contributed by atoms with Crippen LogP contribution in [0.25, 0.3) is 0 Å². The molecule has 32 heavy (non-hydrogen) atoms. The molecule has 7 nitrogen and oxygen atoms in total. The Hall–Kier alpha value is -2.72. The van der Waals surface area contributed by atoms with Crippen LogP contribution in [0.3, 0.4) is 0 Å². The fourth-order valence-electron chi connectivity index (χ4n) is 2.58. The van der Waals surface area contributed by atoms with Crippen LogP contribution in [0.15, 0.2) is 87.3 Å². The Labute approximate surface area is 199 Å². The van der Waals surface area contributed by atoms with Gasteiger partial charge in [-0.3, -0.25) is 4.79 Å². The van der Waals surface area contributed by atoms with E-state index in [9.17, 15) is 13.2 Å². The monoisotopic (exact) mass is 535 g/mol. The Morgan fingerprint density at radius 1 is 1.06 bits per heavy atom. The number of carbonyl (C=O) groups excluding carboxylic acids is 1. The Bertz CT molecular complexity index is 1220. The first-order valence-electron chi connectivity index (χ1n) is 9.37. The van der Waals surface area contributed by atoms with Gasteiger partial charge in [0.15, 0.2) is 0 Å². The van der Waals surface area contributed by atoms with Crippen LogP contribution in [-0.2, 0) is 21.4 Å². The molecule has 3 aromatic rings. The highest BCUT2D eigenvalue weighted by atomic mass is 79.9. The van der Waals surface area contributed by atoms with Gasteiger partial charge in [0.2, 0.25) is 10.0 Å². The molecule has 0 aliphatic rings. The number of amides is 1. The van der Waals surface area contributed by atoms with Gasteiger partial charge in [0.1, 0.15) is 12.4 Å². The molecular weight excluding hydrogens is 518 g/mol. The van der Waals surface area contributed by atoms with Crippen LogP contribution >= 0.6 is 27.5 Å². The number of nitrogens with zero attached hydrogens (tertiary/aromatic N) is 1. The highest BCUT2D eigenvalue weighted by Gasteiger charge is 2.15. The molecule has 1 amide bonds. The molecule has 0 atom stereocenters. The number of sulfonamides is 1. The molecule has 0 saturated carbocycles. The number of para-hydroxylation sites is 1. The van der Waals surface area contributed by atoms with E-state index in [0.29, 0.717) is 22.9 Å². The van der Waals surface area contributed by atoms with E-state index >= 15 is 0 Å². The van der Waals surface area contributed by atoms with Crippen LogP contribution in [0.2, 0.25) is 5.02 Å². The minimum absolute atomic E-state index is 0.00900. The molecular formula is C22H19BrClN3O4S. The van der Waals surface area contributed by atoms with E-state index in [1.807, 2.05) is 36.4 Å². The van der Waals surface area contributed by atoms with Crippen molar-refractivity contribution in [3.63, 3.8) is 0 Å². The Morgan fingerprint density at radius 3 is 2.56 bits per heavy atom. The predicted octanol–water partition coefficient (Wildman–Crippen LogP) is 4.11. The first-order chi connectivity index (χ1) is 15.3. The summed E-state index contributed by atoms with van der Waals surface area (Å²) in [6.45, 7) is -0.105. The van der Waals surface area contributed by atoms with Gasteiger partial charge in [-0.15, -0.1) is 0 Å². The summed E-state index contributed by atoms with van der Waals surface area (Å²) in [4.78, 5) is 12.0. The van der Waals surface area contributed by atoms with Crippen molar-refractivity contribution in [2.24, 2.45) is 5.10 Å². The minimum Gasteiger partial charge on any atom is -0.488 e. The summed E-state index contributed by atoms with van der Waals surface area (Å²) in [7, 11) is -3.84. The molecule has 3 aromatic carbocycles. The lowest BCUT2D eigenvalue weighted by atomic mass is 10.2. The lowest BCUT2D eigenvalue weighted by molar-refractivity contribution is -0.119. The number of ether oxygens (including phenoxy) is 1. The number of halogens is 2. The number of hydrazone groups is 1. The number of benzene rings is 3. The highest BCUT2D eigenvalue weighted by molar-refractivity contribution is 9.10. The number of carbonyl (C=O) groups is 1. The van der Waals surface area contributed by atoms with Gasteiger partial charge in [-0.05, 0) is 54.1 Å². The number of hydrogen-bond acceptors (Lipinski definition) is 5. The SMILES string of the molecule is O=C(CNS(=O)(=O)c1ccc(Cl)cc1)N/N=C/c1ccccc1OCc1cccc(Br)c1. The van der Waals surface area contributed by atoms with E-state index < -0.39 is 22.5 Å². The molecule has 0 radical (unpaired) electrons. The number of hydrogen-bond donors (Lipinski definition) is 2. The van der Waals surface area contributed by atoms with E-state index in [-0.39, 0.29) is 4.90 Å². The second kappa shape index (κ2) is 11.2. The first-order valence-corrected chi connectivity index (χ1v) is 12.0. The van der Waals surface area contributed by atoms with Crippen LogP contribution in [0, 0.1) is 0 Å². The normalized spacial score (nSPS) is 11.4. The average molecular weight is 537 g/mol. The predicted molar refractivity (Wildman–Crippen MR) is 127 cm³/mol. The van der Waals surface area contributed by atoms with E-state index in [1.54, 1.807) is 12.1 Å². The zero-order valence-electron chi connectivity index (χ0n) is 16.7. The van der Waals surface area contributed by atoms with Gasteiger partial charge >= 0.3 is 0 Å². The molecule has 0 spiro atoms. The largest absolute Gasteiger partial charge is 0.488 e. The smallest absolute Gasteiger partial charge is 0.255 e. The van der Waals surface area contributed by atoms with Crippen molar-refractivity contribution in [1.82, 2.24) is 10.1 Å². The molecule has 0 saturated heterocycles. The summed E-state index contributed by atoms with van der Waals surface area (Å²) < 4.78 is 33.4. The van der Waals surface area contributed by atoms with Crippen molar-refractivity contribution in [2.45, 2.75) is 11.5 Å². The third kappa shape index (κ3) is 7.16. The molecule has 0 fully saturated rings. The molecule has 0 aliphatic carbocycles. The van der Waals surface area contributed by atoms with Crippen molar-refractivity contribution >= 4 is 49.7 Å². The number of nitrogens with one attached hydrogen (secondary N) is 2. The summed E-state index contributed by atoms with van der Waals surface area (Å²) in [5.41, 5.74) is 3.94. The van der Waals surface area contributed by atoms with Gasteiger partial charge in [-0.2, -0.15) is 5.10 Å². The fraction of sp³-hybridized carbons (Fsp3) is 0.0909. The third-order valence-corrected chi connectivity index (χ3v) is 6.30. The number of rotatable bonds is 9. The minimum atomic E-state index is -3.84. The molecule has 166 valence electrons. The van der Waals surface area contributed by atoms with Crippen molar-refractivity contribution < 1.29 is 17.9 Å². The van der Waals surface area contributed by atoms with Gasteiger partial charge in [-0.25, -0.2) is 18.6 Å². The fourth-order valence-corrected chi connectivity index (χ4v) is 4.13. The van der Waals surface area contributed by atoms with Gasteiger partial charge in [-0.1, -0.05) is 51.8 Å². The summed E-state index contributed by atoms with van der Waals surface area (Å²) in [5.74, 6) is -0.0276. The molecule has 2 N–H and O–H groups in total. The van der Waals surface area contributed by atoms with Gasteiger partial charge in [0.05, 0.1) is 17.7 Å². The molecule has 0 bridgehead atoms. The third-order valence-electron chi connectivity index (χ3n) is 4.14. The summed E-state index contributed by atoms with van der Waals surface area (Å²) >= 11 is 9.19. The highest BCUT2D eigenvalue weighted by Crippen LogP contribution is 2.19. The second-order valence-corrected chi connectivity index (χ2v) is 9.65. The maximum absolute atomic E-state index is 12.2. The van der Waals surface area contributed by atoms with Crippen molar-refractivity contribution in [2.75, 3.05) is 6.54 Å². The zero-order chi connectivity index (χ0) is 23.0. The van der Waals surface area contributed by atoms with E-state index in [2.05, 4.69) is 31.2 Å². The maximum atomic E-state index is 12.2. The van der Waals surface area contributed by atoms with Gasteiger partial charge < -0.3 is 4.74 Å². The molecule has 3 rings (SSSR count). The summed E-state index contributed by atoms with van der Waals surface area (Å²) in [6, 6.07) is 20.6. The van der Waals surface area contributed by atoms with Crippen molar-refractivity contribution in [3.8, 4) is 5.75 Å². The van der Waals surface area contributed by atoms with Gasteiger partial charge in [0, 0.05) is 15.1 Å². The van der Waals surface area contributed by atoms with Crippen LogP contribution < -0.4 is 14.9 Å². The lowest BCUT2D eigenvalue weighted by Gasteiger charge is -2.09. The van der Waals surface area contributed by atoms with Crippen molar-refractivity contribution in [1.29, 1.82) is 0 Å². The van der Waals surface area contributed by atoms with E-state index in [4.69, 9.17) is 16.3 Å². The Morgan fingerprint density at radius 2 is 1.81 bits per heavy atom. The Kier molecular flexibility index (Phi) is 8.40. The standard InChI is InChI=1S/C22H19BrClN3O4S/c23-18-6-3-4-16(12-18)15-31-21-7-2-1-5-17(21)13-25-27-22(28)14-26-32(29,30)20-10-8-19(24)9-11-20/h1-13,26H,14-15H2,(H,27,28)/b25-13+. The topological polar surface area (TPSA) is 96.9 Å². The van der Waals surface area contributed by atoms with Crippen LogP contribution in [-0.4, -0.2) is 27.1 Å². The van der Waals surface area contributed by atoms with Crippen LogP contribution in [0.5, 0.6) is 5.75 Å². The molecule has 0 aliphatic heterocycles. The Balaban J connectivity index is 1.54. The van der Waals surface area contributed by atoms with E-state index in [0.717, 1.165) is 10.0 Å². The van der Waals surface area contributed by atoms with E-state index in [1.165, 1.54) is 30.5 Å². The van der Waals surface area contributed by atoms with Crippen molar-refractivity contribution in [3.05, 3.63) is 93.4 Å². The van der Waals surface area contributed by atoms with Gasteiger partial charge in [0.25, 0.3) is 5.91 Å². The second-order valence-electron chi connectivity index (χ2n) is 6.53. The zero-order valence-corrected chi connectivity index (χ0v) is 19.8. The quantitative estimate of drug-likeness (QED) is 0.318. The van der Waals surface area contributed by atoms with Crippen LogP contribution in [0.1, 0.15) is 11.1 Å². The summed E-state index contributed by atoms with van der Waals surface area (Å²) in [6.07, 6.45) is 1.43.